The molecule has 0 heterocycles. The van der Waals surface area contributed by atoms with Crippen molar-refractivity contribution in [2.24, 2.45) is 0 Å². The number of carbonyl (C=O) groups excluding carboxylic acids is 2. The summed E-state index contributed by atoms with van der Waals surface area (Å²) in [5, 5.41) is 3.54. The van der Waals surface area contributed by atoms with Crippen molar-refractivity contribution in [3.8, 4) is 0 Å². The summed E-state index contributed by atoms with van der Waals surface area (Å²) in [7, 11) is -3.75. The molecule has 0 bridgehead atoms. The normalized spacial score (nSPS) is 12.1. The van der Waals surface area contributed by atoms with Gasteiger partial charge in [0, 0.05) is 24.7 Å². The van der Waals surface area contributed by atoms with E-state index in [1.165, 1.54) is 4.90 Å². The average molecular weight is 590 g/mol. The predicted octanol–water partition coefficient (Wildman–Crippen LogP) is 5.19. The molecule has 41 heavy (non-hydrogen) atoms. The van der Waals surface area contributed by atoms with Crippen LogP contribution >= 0.6 is 11.6 Å². The molecule has 0 aliphatic heterocycles. The van der Waals surface area contributed by atoms with Crippen molar-refractivity contribution in [3.05, 3.63) is 143 Å². The predicted molar refractivity (Wildman–Crippen MR) is 161 cm³/mol. The van der Waals surface area contributed by atoms with Crippen LogP contribution in [0, 0.1) is 0 Å². The van der Waals surface area contributed by atoms with Crippen molar-refractivity contribution < 1.29 is 18.0 Å². The van der Waals surface area contributed by atoms with E-state index in [0.29, 0.717) is 10.6 Å². The summed E-state index contributed by atoms with van der Waals surface area (Å²) in [4.78, 5) is 29.3. The van der Waals surface area contributed by atoms with Crippen molar-refractivity contribution in [1.82, 2.24) is 14.5 Å². The van der Waals surface area contributed by atoms with E-state index in [1.807, 2.05) is 66.7 Å². The van der Waals surface area contributed by atoms with Crippen molar-refractivity contribution in [2.45, 2.75) is 25.7 Å². The molecule has 212 valence electrons. The number of carbonyl (C=O) groups is 2. The Balaban J connectivity index is 1.67. The standard InChI is InChI=1S/C32H32ClN3O4S/c1-41(39,40)35(22-26-11-5-2-6-12-26)24-30(37)36(23-27-13-7-3-8-14-27)31(28-15-9-4-10-16-28)32(38)34-21-25-17-19-29(33)20-18-25/h2-20,31H,21-24H2,1H3,(H,34,38). The monoisotopic (exact) mass is 589 g/mol. The lowest BCUT2D eigenvalue weighted by Gasteiger charge is -2.33. The lowest BCUT2D eigenvalue weighted by molar-refractivity contribution is -0.141. The number of hydrogen-bond acceptors (Lipinski definition) is 4. The number of nitrogens with one attached hydrogen (secondary N) is 1. The Hall–Kier alpha value is -3.98. The summed E-state index contributed by atoms with van der Waals surface area (Å²) >= 11 is 6.00. The van der Waals surface area contributed by atoms with Crippen molar-refractivity contribution in [3.63, 3.8) is 0 Å². The quantitative estimate of drug-likeness (QED) is 0.246. The van der Waals surface area contributed by atoms with Crippen LogP contribution in [0.15, 0.2) is 115 Å². The zero-order chi connectivity index (χ0) is 29.2. The van der Waals surface area contributed by atoms with E-state index < -0.39 is 28.5 Å². The number of halogens is 1. The van der Waals surface area contributed by atoms with Gasteiger partial charge in [0.15, 0.2) is 0 Å². The van der Waals surface area contributed by atoms with E-state index in [1.54, 1.807) is 48.5 Å². The highest BCUT2D eigenvalue weighted by Crippen LogP contribution is 2.25. The maximum absolute atomic E-state index is 14.1. The minimum atomic E-state index is -3.75. The number of benzene rings is 4. The first-order chi connectivity index (χ1) is 19.7. The van der Waals surface area contributed by atoms with E-state index >= 15 is 0 Å². The zero-order valence-electron chi connectivity index (χ0n) is 22.7. The number of amides is 2. The highest BCUT2D eigenvalue weighted by atomic mass is 35.5. The molecule has 0 saturated heterocycles. The van der Waals surface area contributed by atoms with Crippen LogP contribution < -0.4 is 5.32 Å². The molecule has 4 rings (SSSR count). The Kier molecular flexibility index (Phi) is 10.3. The minimum Gasteiger partial charge on any atom is -0.350 e. The molecular formula is C32H32ClN3O4S. The highest BCUT2D eigenvalue weighted by Gasteiger charge is 2.33. The lowest BCUT2D eigenvalue weighted by Crippen LogP contribution is -2.47. The van der Waals surface area contributed by atoms with Gasteiger partial charge in [-0.3, -0.25) is 9.59 Å². The maximum Gasteiger partial charge on any atom is 0.247 e. The second-order valence-electron chi connectivity index (χ2n) is 9.68. The summed E-state index contributed by atoms with van der Waals surface area (Å²) in [5.74, 6) is -0.880. The third kappa shape index (κ3) is 8.75. The Bertz CT molecular complexity index is 1530. The van der Waals surface area contributed by atoms with Gasteiger partial charge in [-0.1, -0.05) is 115 Å². The van der Waals surface area contributed by atoms with Gasteiger partial charge < -0.3 is 10.2 Å². The number of nitrogens with zero attached hydrogens (tertiary/aromatic N) is 2. The van der Waals surface area contributed by atoms with Gasteiger partial charge in [-0.05, 0) is 34.4 Å². The van der Waals surface area contributed by atoms with Crippen LogP contribution in [0.2, 0.25) is 5.02 Å². The van der Waals surface area contributed by atoms with E-state index in [0.717, 1.165) is 27.3 Å². The largest absolute Gasteiger partial charge is 0.350 e. The SMILES string of the molecule is CS(=O)(=O)N(CC(=O)N(Cc1ccccc1)C(C(=O)NCc1ccc(Cl)cc1)c1ccccc1)Cc1ccccc1. The number of rotatable bonds is 12. The Morgan fingerprint density at radius 2 is 1.24 bits per heavy atom. The van der Waals surface area contributed by atoms with Crippen molar-refractivity contribution >= 4 is 33.4 Å². The molecule has 0 aliphatic carbocycles. The fourth-order valence-corrected chi connectivity index (χ4v) is 5.27. The summed E-state index contributed by atoms with van der Waals surface area (Å²) < 4.78 is 26.7. The minimum absolute atomic E-state index is 0.0311. The van der Waals surface area contributed by atoms with Crippen LogP contribution in [-0.2, 0) is 39.2 Å². The van der Waals surface area contributed by atoms with Crippen LogP contribution in [0.25, 0.3) is 0 Å². The Labute approximate surface area is 246 Å². The van der Waals surface area contributed by atoms with Crippen LogP contribution in [0.5, 0.6) is 0 Å². The van der Waals surface area contributed by atoms with Crippen molar-refractivity contribution in [1.29, 1.82) is 0 Å². The van der Waals surface area contributed by atoms with E-state index in [4.69, 9.17) is 11.6 Å². The molecule has 0 radical (unpaired) electrons. The third-order valence-corrected chi connectivity index (χ3v) is 8.00. The van der Waals surface area contributed by atoms with E-state index in [9.17, 15) is 18.0 Å². The molecule has 0 fully saturated rings. The van der Waals surface area contributed by atoms with Gasteiger partial charge in [0.2, 0.25) is 21.8 Å². The van der Waals surface area contributed by atoms with Crippen LogP contribution in [0.1, 0.15) is 28.3 Å². The molecule has 1 N–H and O–H groups in total. The fourth-order valence-electron chi connectivity index (χ4n) is 4.42. The molecule has 4 aromatic rings. The summed E-state index contributed by atoms with van der Waals surface area (Å²) in [6.45, 7) is -0.0512. The Morgan fingerprint density at radius 3 is 1.78 bits per heavy atom. The first kappa shape index (κ1) is 30.0. The van der Waals surface area contributed by atoms with Crippen molar-refractivity contribution in [2.75, 3.05) is 12.8 Å². The number of sulfonamides is 1. The van der Waals surface area contributed by atoms with Gasteiger partial charge in [0.05, 0.1) is 12.8 Å². The summed E-state index contributed by atoms with van der Waals surface area (Å²) in [6.07, 6.45) is 1.08. The van der Waals surface area contributed by atoms with E-state index in [2.05, 4.69) is 5.32 Å². The second-order valence-corrected chi connectivity index (χ2v) is 12.1. The molecule has 7 nitrogen and oxygen atoms in total. The Morgan fingerprint density at radius 1 is 0.732 bits per heavy atom. The topological polar surface area (TPSA) is 86.8 Å². The first-order valence-corrected chi connectivity index (χ1v) is 15.3. The molecule has 2 amide bonds. The number of hydrogen-bond donors (Lipinski definition) is 1. The van der Waals surface area contributed by atoms with Crippen LogP contribution in [-0.4, -0.2) is 42.2 Å². The summed E-state index contributed by atoms with van der Waals surface area (Å²) in [5.41, 5.74) is 3.02. The van der Waals surface area contributed by atoms with Crippen LogP contribution in [0.4, 0.5) is 0 Å². The van der Waals surface area contributed by atoms with Gasteiger partial charge in [-0.2, -0.15) is 4.31 Å². The second kappa shape index (κ2) is 14.1. The van der Waals surface area contributed by atoms with Gasteiger partial charge in [-0.15, -0.1) is 0 Å². The smallest absolute Gasteiger partial charge is 0.247 e. The fraction of sp³-hybridized carbons (Fsp3) is 0.188. The molecule has 1 atom stereocenters. The lowest BCUT2D eigenvalue weighted by atomic mass is 10.0. The molecule has 0 spiro atoms. The highest BCUT2D eigenvalue weighted by molar-refractivity contribution is 7.88. The molecule has 4 aromatic carbocycles. The third-order valence-electron chi connectivity index (χ3n) is 6.55. The summed E-state index contributed by atoms with van der Waals surface area (Å²) in [6, 6.07) is 33.5. The molecular weight excluding hydrogens is 558 g/mol. The first-order valence-electron chi connectivity index (χ1n) is 13.1. The van der Waals surface area contributed by atoms with Gasteiger partial charge >= 0.3 is 0 Å². The molecule has 0 aromatic heterocycles. The van der Waals surface area contributed by atoms with Gasteiger partial charge in [-0.25, -0.2) is 8.42 Å². The average Bonchev–Trinajstić information content (AvgIpc) is 2.97. The van der Waals surface area contributed by atoms with Gasteiger partial charge in [0.25, 0.3) is 0 Å². The zero-order valence-corrected chi connectivity index (χ0v) is 24.3. The molecule has 9 heteroatoms. The van der Waals surface area contributed by atoms with Crippen LogP contribution in [0.3, 0.4) is 0 Å². The molecule has 0 aliphatic rings. The maximum atomic E-state index is 14.1. The van der Waals surface area contributed by atoms with Gasteiger partial charge in [0.1, 0.15) is 6.04 Å². The van der Waals surface area contributed by atoms with E-state index in [-0.39, 0.29) is 25.5 Å². The molecule has 1 unspecified atom stereocenters. The molecule has 0 saturated carbocycles.